The molecule has 0 aliphatic carbocycles. The predicted octanol–water partition coefficient (Wildman–Crippen LogP) is 5.57. The number of carbonyl (C=O) groups excluding carboxylic acids is 1. The molecule has 0 aliphatic rings. The van der Waals surface area contributed by atoms with E-state index in [9.17, 15) is 4.79 Å². The summed E-state index contributed by atoms with van der Waals surface area (Å²) in [6.07, 6.45) is 3.43. The molecule has 196 valence electrons. The van der Waals surface area contributed by atoms with Crippen LogP contribution < -0.4 is 14.8 Å². The van der Waals surface area contributed by atoms with Gasteiger partial charge in [-0.2, -0.15) is 0 Å². The van der Waals surface area contributed by atoms with Crippen molar-refractivity contribution in [1.29, 1.82) is 0 Å². The van der Waals surface area contributed by atoms with E-state index in [0.717, 1.165) is 33.9 Å². The lowest BCUT2D eigenvalue weighted by Gasteiger charge is -2.13. The highest BCUT2D eigenvalue weighted by Crippen LogP contribution is 2.32. The Bertz CT molecular complexity index is 1550. The molecule has 39 heavy (non-hydrogen) atoms. The van der Waals surface area contributed by atoms with Crippen LogP contribution in [-0.4, -0.2) is 39.9 Å². The lowest BCUT2D eigenvalue weighted by atomic mass is 10.1. The van der Waals surface area contributed by atoms with Gasteiger partial charge < -0.3 is 14.8 Å². The van der Waals surface area contributed by atoms with Crippen LogP contribution in [0, 0.1) is 0 Å². The Morgan fingerprint density at radius 1 is 0.872 bits per heavy atom. The quantitative estimate of drug-likeness (QED) is 0.233. The van der Waals surface area contributed by atoms with E-state index in [1.807, 2.05) is 89.5 Å². The van der Waals surface area contributed by atoms with Crippen molar-refractivity contribution in [3.8, 4) is 28.6 Å². The summed E-state index contributed by atoms with van der Waals surface area (Å²) in [6, 6.07) is 26.8. The van der Waals surface area contributed by atoms with Gasteiger partial charge in [0, 0.05) is 41.5 Å². The summed E-state index contributed by atoms with van der Waals surface area (Å²) in [7, 11) is 3.28. The number of thioether (sulfide) groups is 1. The molecule has 0 fully saturated rings. The lowest BCUT2D eigenvalue weighted by molar-refractivity contribution is 0.0950. The largest absolute Gasteiger partial charge is 0.497 e. The van der Waals surface area contributed by atoms with E-state index >= 15 is 0 Å². The van der Waals surface area contributed by atoms with Crippen LogP contribution in [0.25, 0.3) is 17.1 Å². The standard InChI is InChI=1S/C30H27N5O3S/c1-37-25-12-10-24(11-13-25)35-28(22-7-5-8-26(18-22)38-2)33-34-30(35)39-20-23-6-3-4-9-27(23)29(36)32-19-21-14-16-31-17-15-21/h3-18H,19-20H2,1-2H3,(H,32,36). The second kappa shape index (κ2) is 12.3. The van der Waals surface area contributed by atoms with Gasteiger partial charge in [0.2, 0.25) is 0 Å². The van der Waals surface area contributed by atoms with Crippen molar-refractivity contribution in [2.45, 2.75) is 17.5 Å². The van der Waals surface area contributed by atoms with Crippen LogP contribution in [0.2, 0.25) is 0 Å². The molecule has 0 atom stereocenters. The molecule has 0 aliphatic heterocycles. The van der Waals surface area contributed by atoms with Gasteiger partial charge in [-0.15, -0.1) is 10.2 Å². The molecule has 2 heterocycles. The van der Waals surface area contributed by atoms with E-state index in [1.165, 1.54) is 11.8 Å². The van der Waals surface area contributed by atoms with Crippen molar-refractivity contribution >= 4 is 17.7 Å². The lowest BCUT2D eigenvalue weighted by Crippen LogP contribution is -2.23. The molecule has 0 saturated carbocycles. The number of carbonyl (C=O) groups is 1. The number of amides is 1. The van der Waals surface area contributed by atoms with Gasteiger partial charge in [0.25, 0.3) is 5.91 Å². The Morgan fingerprint density at radius 3 is 2.41 bits per heavy atom. The summed E-state index contributed by atoms with van der Waals surface area (Å²) >= 11 is 1.52. The number of hydrogen-bond acceptors (Lipinski definition) is 7. The van der Waals surface area contributed by atoms with Gasteiger partial charge in [0.05, 0.1) is 14.2 Å². The minimum Gasteiger partial charge on any atom is -0.497 e. The third kappa shape index (κ3) is 6.10. The van der Waals surface area contributed by atoms with Crippen LogP contribution in [0.15, 0.2) is 102 Å². The molecule has 0 radical (unpaired) electrons. The monoisotopic (exact) mass is 537 g/mol. The number of hydrogen-bond donors (Lipinski definition) is 1. The molecule has 5 rings (SSSR count). The van der Waals surface area contributed by atoms with Crippen LogP contribution in [0.3, 0.4) is 0 Å². The van der Waals surface area contributed by atoms with Crippen molar-refractivity contribution < 1.29 is 14.3 Å². The van der Waals surface area contributed by atoms with Gasteiger partial charge in [0.15, 0.2) is 11.0 Å². The molecule has 9 heteroatoms. The van der Waals surface area contributed by atoms with E-state index in [4.69, 9.17) is 9.47 Å². The minimum absolute atomic E-state index is 0.128. The molecule has 0 bridgehead atoms. The van der Waals surface area contributed by atoms with E-state index in [2.05, 4.69) is 20.5 Å². The number of pyridine rings is 1. The topological polar surface area (TPSA) is 91.2 Å². The van der Waals surface area contributed by atoms with Crippen LogP contribution in [0.1, 0.15) is 21.5 Å². The number of nitrogens with one attached hydrogen (secondary N) is 1. The number of benzene rings is 3. The van der Waals surface area contributed by atoms with Gasteiger partial charge >= 0.3 is 0 Å². The Balaban J connectivity index is 1.42. The Hall–Kier alpha value is -4.63. The van der Waals surface area contributed by atoms with Gasteiger partial charge in [-0.25, -0.2) is 0 Å². The van der Waals surface area contributed by atoms with Crippen molar-refractivity contribution in [2.75, 3.05) is 14.2 Å². The van der Waals surface area contributed by atoms with Crippen molar-refractivity contribution in [1.82, 2.24) is 25.1 Å². The third-order valence-corrected chi connectivity index (χ3v) is 7.09. The Labute approximate surface area is 231 Å². The van der Waals surface area contributed by atoms with Crippen molar-refractivity contribution in [3.63, 3.8) is 0 Å². The summed E-state index contributed by atoms with van der Waals surface area (Å²) in [5.74, 6) is 2.58. The zero-order chi connectivity index (χ0) is 27.0. The predicted molar refractivity (Wildman–Crippen MR) is 151 cm³/mol. The first kappa shape index (κ1) is 26.0. The molecule has 1 N–H and O–H groups in total. The molecule has 5 aromatic rings. The minimum atomic E-state index is -0.128. The highest BCUT2D eigenvalue weighted by molar-refractivity contribution is 7.98. The fraction of sp³-hybridized carbons (Fsp3) is 0.133. The van der Waals surface area contributed by atoms with Gasteiger partial charge in [0.1, 0.15) is 11.5 Å². The van der Waals surface area contributed by atoms with Gasteiger partial charge in [-0.3, -0.25) is 14.3 Å². The van der Waals surface area contributed by atoms with Crippen molar-refractivity contribution in [3.05, 3.63) is 114 Å². The molecule has 1 amide bonds. The molecule has 2 aromatic heterocycles. The normalized spacial score (nSPS) is 10.7. The number of methoxy groups -OCH3 is 2. The SMILES string of the molecule is COc1ccc(-n2c(SCc3ccccc3C(=O)NCc3ccncc3)nnc2-c2cccc(OC)c2)cc1. The summed E-state index contributed by atoms with van der Waals surface area (Å²) < 4.78 is 12.8. The van der Waals surface area contributed by atoms with E-state index in [0.29, 0.717) is 28.8 Å². The second-order valence-electron chi connectivity index (χ2n) is 8.56. The molecule has 0 spiro atoms. The average molecular weight is 538 g/mol. The van der Waals surface area contributed by atoms with Crippen LogP contribution >= 0.6 is 11.8 Å². The fourth-order valence-electron chi connectivity index (χ4n) is 4.06. The molecule has 8 nitrogen and oxygen atoms in total. The second-order valence-corrected chi connectivity index (χ2v) is 9.50. The number of rotatable bonds is 10. The zero-order valence-corrected chi connectivity index (χ0v) is 22.4. The first-order valence-electron chi connectivity index (χ1n) is 12.3. The maximum Gasteiger partial charge on any atom is 0.251 e. The molecule has 3 aromatic carbocycles. The first-order chi connectivity index (χ1) is 19.2. The third-order valence-electron chi connectivity index (χ3n) is 6.11. The maximum absolute atomic E-state index is 13.1. The van der Waals surface area contributed by atoms with Crippen LogP contribution in [0.4, 0.5) is 0 Å². The van der Waals surface area contributed by atoms with Crippen molar-refractivity contribution in [2.24, 2.45) is 0 Å². The maximum atomic E-state index is 13.1. The number of nitrogens with zero attached hydrogens (tertiary/aromatic N) is 4. The van der Waals surface area contributed by atoms with Crippen LogP contribution in [0.5, 0.6) is 11.5 Å². The highest BCUT2D eigenvalue weighted by Gasteiger charge is 2.18. The molecule has 0 saturated heterocycles. The summed E-state index contributed by atoms with van der Waals surface area (Å²) in [6.45, 7) is 0.429. The van der Waals surface area contributed by atoms with E-state index in [-0.39, 0.29) is 5.91 Å². The molecule has 0 unspecified atom stereocenters. The molecular formula is C30H27N5O3S. The Morgan fingerprint density at radius 2 is 1.64 bits per heavy atom. The molecular weight excluding hydrogens is 510 g/mol. The van der Waals surface area contributed by atoms with E-state index in [1.54, 1.807) is 26.6 Å². The smallest absolute Gasteiger partial charge is 0.251 e. The number of aromatic nitrogens is 4. The van der Waals surface area contributed by atoms with Crippen LogP contribution in [-0.2, 0) is 12.3 Å². The summed E-state index contributed by atoms with van der Waals surface area (Å²) in [4.78, 5) is 17.1. The number of ether oxygens (including phenoxy) is 2. The highest BCUT2D eigenvalue weighted by atomic mass is 32.2. The average Bonchev–Trinajstić information content (AvgIpc) is 3.43. The zero-order valence-electron chi connectivity index (χ0n) is 21.6. The Kier molecular flexibility index (Phi) is 8.18. The summed E-state index contributed by atoms with van der Waals surface area (Å²) in [5, 5.41) is 12.8. The first-order valence-corrected chi connectivity index (χ1v) is 13.3. The fourth-order valence-corrected chi connectivity index (χ4v) is 5.02. The van der Waals surface area contributed by atoms with E-state index < -0.39 is 0 Å². The van der Waals surface area contributed by atoms with Gasteiger partial charge in [-0.1, -0.05) is 42.1 Å². The van der Waals surface area contributed by atoms with Gasteiger partial charge in [-0.05, 0) is 65.7 Å². The summed E-state index contributed by atoms with van der Waals surface area (Å²) in [5.41, 5.74) is 4.29.